The number of carbonyl (C=O) groups excluding carboxylic acids is 2. The first-order chi connectivity index (χ1) is 15.4. The molecular formula is C27H36Cl2N2O2. The summed E-state index contributed by atoms with van der Waals surface area (Å²) >= 11 is 12.2. The molecule has 0 aliphatic heterocycles. The SMILES string of the molecule is CC[C@H](C)NC(=O)[C@@H](C)N(Cc1ccc(Cl)c(Cl)c1)C(=O)CCc1ccc(C(C)(C)C)cc1. The van der Waals surface area contributed by atoms with E-state index >= 15 is 0 Å². The highest BCUT2D eigenvalue weighted by atomic mass is 35.5. The number of nitrogens with one attached hydrogen (secondary N) is 1. The third-order valence-corrected chi connectivity index (χ3v) is 6.69. The van der Waals surface area contributed by atoms with E-state index < -0.39 is 6.04 Å². The molecule has 0 aromatic heterocycles. The van der Waals surface area contributed by atoms with Crippen molar-refractivity contribution in [3.05, 3.63) is 69.2 Å². The minimum atomic E-state index is -0.607. The van der Waals surface area contributed by atoms with Crippen LogP contribution in [0.3, 0.4) is 0 Å². The maximum Gasteiger partial charge on any atom is 0.242 e. The molecule has 0 aliphatic rings. The fourth-order valence-electron chi connectivity index (χ4n) is 3.45. The summed E-state index contributed by atoms with van der Waals surface area (Å²) in [5.74, 6) is -0.236. The van der Waals surface area contributed by atoms with E-state index in [4.69, 9.17) is 23.2 Å². The molecular weight excluding hydrogens is 455 g/mol. The molecule has 0 saturated heterocycles. The molecule has 4 nitrogen and oxygen atoms in total. The second-order valence-corrected chi connectivity index (χ2v) is 10.5. The van der Waals surface area contributed by atoms with Gasteiger partial charge in [0.2, 0.25) is 11.8 Å². The fourth-order valence-corrected chi connectivity index (χ4v) is 3.77. The largest absolute Gasteiger partial charge is 0.352 e. The van der Waals surface area contributed by atoms with E-state index in [-0.39, 0.29) is 29.8 Å². The van der Waals surface area contributed by atoms with Crippen molar-refractivity contribution < 1.29 is 9.59 Å². The first-order valence-electron chi connectivity index (χ1n) is 11.6. The molecule has 33 heavy (non-hydrogen) atoms. The van der Waals surface area contributed by atoms with Gasteiger partial charge >= 0.3 is 0 Å². The number of aryl methyl sites for hydroxylation is 1. The normalized spacial score (nSPS) is 13.3. The lowest BCUT2D eigenvalue weighted by atomic mass is 9.86. The summed E-state index contributed by atoms with van der Waals surface area (Å²) in [7, 11) is 0. The Morgan fingerprint density at radius 1 is 0.970 bits per heavy atom. The number of benzene rings is 2. The molecule has 0 radical (unpaired) electrons. The molecule has 2 aromatic rings. The van der Waals surface area contributed by atoms with Crippen LogP contribution in [0.2, 0.25) is 10.0 Å². The Kier molecular flexibility index (Phi) is 9.81. The Hall–Kier alpha value is -2.04. The molecule has 0 heterocycles. The average molecular weight is 492 g/mol. The summed E-state index contributed by atoms with van der Waals surface area (Å²) in [5, 5.41) is 3.87. The zero-order valence-corrected chi connectivity index (χ0v) is 22.1. The summed E-state index contributed by atoms with van der Waals surface area (Å²) in [6.07, 6.45) is 1.75. The van der Waals surface area contributed by atoms with Crippen molar-refractivity contribution in [2.24, 2.45) is 0 Å². The zero-order valence-electron chi connectivity index (χ0n) is 20.5. The highest BCUT2D eigenvalue weighted by Gasteiger charge is 2.26. The fraction of sp³-hybridized carbons (Fsp3) is 0.481. The minimum Gasteiger partial charge on any atom is -0.352 e. The molecule has 0 bridgehead atoms. The third kappa shape index (κ3) is 8.04. The van der Waals surface area contributed by atoms with Crippen molar-refractivity contribution in [2.75, 3.05) is 0 Å². The van der Waals surface area contributed by atoms with Gasteiger partial charge in [-0.15, -0.1) is 0 Å². The predicted octanol–water partition coefficient (Wildman–Crippen LogP) is 6.56. The van der Waals surface area contributed by atoms with Gasteiger partial charge in [0.1, 0.15) is 6.04 Å². The Bertz CT molecular complexity index is 952. The zero-order chi connectivity index (χ0) is 24.8. The van der Waals surface area contributed by atoms with Crippen LogP contribution in [0.25, 0.3) is 0 Å². The lowest BCUT2D eigenvalue weighted by Gasteiger charge is -2.30. The first-order valence-corrected chi connectivity index (χ1v) is 12.3. The van der Waals surface area contributed by atoms with Crippen LogP contribution in [0.5, 0.6) is 0 Å². The van der Waals surface area contributed by atoms with Crippen LogP contribution < -0.4 is 5.32 Å². The number of rotatable bonds is 9. The van der Waals surface area contributed by atoms with E-state index in [1.807, 2.05) is 19.9 Å². The maximum absolute atomic E-state index is 13.3. The van der Waals surface area contributed by atoms with E-state index in [2.05, 4.69) is 50.4 Å². The van der Waals surface area contributed by atoms with Crippen molar-refractivity contribution in [3.8, 4) is 0 Å². The summed E-state index contributed by atoms with van der Waals surface area (Å²) in [4.78, 5) is 27.7. The van der Waals surface area contributed by atoms with E-state index in [1.54, 1.807) is 24.0 Å². The number of hydrogen-bond donors (Lipinski definition) is 1. The molecule has 180 valence electrons. The average Bonchev–Trinajstić information content (AvgIpc) is 2.77. The molecule has 2 atom stereocenters. The topological polar surface area (TPSA) is 49.4 Å². The van der Waals surface area contributed by atoms with Gasteiger partial charge < -0.3 is 10.2 Å². The molecule has 0 fully saturated rings. The number of halogens is 2. The van der Waals surface area contributed by atoms with Crippen molar-refractivity contribution in [3.63, 3.8) is 0 Å². The second kappa shape index (κ2) is 11.9. The van der Waals surface area contributed by atoms with Gasteiger partial charge in [0, 0.05) is 19.0 Å². The van der Waals surface area contributed by atoms with Gasteiger partial charge in [0.25, 0.3) is 0 Å². The quantitative estimate of drug-likeness (QED) is 0.432. The molecule has 0 unspecified atom stereocenters. The van der Waals surface area contributed by atoms with Gasteiger partial charge in [-0.2, -0.15) is 0 Å². The van der Waals surface area contributed by atoms with Gasteiger partial charge in [-0.1, -0.05) is 81.2 Å². The Morgan fingerprint density at radius 3 is 2.12 bits per heavy atom. The van der Waals surface area contributed by atoms with E-state index in [9.17, 15) is 9.59 Å². The number of carbonyl (C=O) groups is 2. The highest BCUT2D eigenvalue weighted by Crippen LogP contribution is 2.25. The van der Waals surface area contributed by atoms with Crippen molar-refractivity contribution in [2.45, 2.75) is 84.8 Å². The van der Waals surface area contributed by atoms with Crippen LogP contribution in [-0.4, -0.2) is 28.8 Å². The number of nitrogens with zero attached hydrogens (tertiary/aromatic N) is 1. The molecule has 1 N–H and O–H groups in total. The molecule has 2 aromatic carbocycles. The minimum absolute atomic E-state index is 0.0446. The molecule has 2 amide bonds. The molecule has 0 spiro atoms. The monoisotopic (exact) mass is 490 g/mol. The molecule has 0 aliphatic carbocycles. The van der Waals surface area contributed by atoms with Crippen molar-refractivity contribution in [1.82, 2.24) is 10.2 Å². The predicted molar refractivity (Wildman–Crippen MR) is 138 cm³/mol. The summed E-state index contributed by atoms with van der Waals surface area (Å²) in [6.45, 7) is 12.6. The summed E-state index contributed by atoms with van der Waals surface area (Å²) in [5.41, 5.74) is 3.27. The van der Waals surface area contributed by atoms with Crippen molar-refractivity contribution >= 4 is 35.0 Å². The van der Waals surface area contributed by atoms with Crippen LogP contribution >= 0.6 is 23.2 Å². The standard InChI is InChI=1S/C27H36Cl2N2O2/c1-7-18(2)30-26(33)19(3)31(17-21-10-14-23(28)24(29)16-21)25(32)15-11-20-8-12-22(13-9-20)27(4,5)6/h8-10,12-14,16,18-19H,7,11,15,17H2,1-6H3,(H,30,33)/t18-,19+/m0/s1. The smallest absolute Gasteiger partial charge is 0.242 e. The lowest BCUT2D eigenvalue weighted by molar-refractivity contribution is -0.140. The highest BCUT2D eigenvalue weighted by molar-refractivity contribution is 6.42. The molecule has 2 rings (SSSR count). The summed E-state index contributed by atoms with van der Waals surface area (Å²) < 4.78 is 0. The second-order valence-electron chi connectivity index (χ2n) is 9.71. The summed E-state index contributed by atoms with van der Waals surface area (Å²) in [6, 6.07) is 13.1. The van der Waals surface area contributed by atoms with E-state index in [0.29, 0.717) is 22.9 Å². The maximum atomic E-state index is 13.3. The van der Waals surface area contributed by atoms with Gasteiger partial charge in [-0.05, 0) is 60.9 Å². The van der Waals surface area contributed by atoms with E-state index in [0.717, 1.165) is 17.5 Å². The van der Waals surface area contributed by atoms with Crippen molar-refractivity contribution in [1.29, 1.82) is 0 Å². The van der Waals surface area contributed by atoms with Gasteiger partial charge in [0.15, 0.2) is 0 Å². The first kappa shape index (κ1) is 27.2. The van der Waals surface area contributed by atoms with Crippen LogP contribution in [0, 0.1) is 0 Å². The van der Waals surface area contributed by atoms with Crippen LogP contribution in [0.4, 0.5) is 0 Å². The number of amides is 2. The van der Waals surface area contributed by atoms with Crippen LogP contribution in [0.15, 0.2) is 42.5 Å². The van der Waals surface area contributed by atoms with Gasteiger partial charge in [-0.25, -0.2) is 0 Å². The third-order valence-electron chi connectivity index (χ3n) is 5.95. The Morgan fingerprint density at radius 2 is 1.58 bits per heavy atom. The van der Waals surface area contributed by atoms with Crippen LogP contribution in [0.1, 0.15) is 71.1 Å². The van der Waals surface area contributed by atoms with E-state index in [1.165, 1.54) is 5.56 Å². The molecule has 6 heteroatoms. The molecule has 0 saturated carbocycles. The Balaban J connectivity index is 2.17. The van der Waals surface area contributed by atoms with Gasteiger partial charge in [-0.3, -0.25) is 9.59 Å². The number of hydrogen-bond acceptors (Lipinski definition) is 2. The lowest BCUT2D eigenvalue weighted by Crippen LogP contribution is -2.49. The Labute approximate surface area is 208 Å². The van der Waals surface area contributed by atoms with Crippen LogP contribution in [-0.2, 0) is 28.0 Å². The van der Waals surface area contributed by atoms with Gasteiger partial charge in [0.05, 0.1) is 10.0 Å².